The molecule has 1 aromatic heterocycles. The quantitative estimate of drug-likeness (QED) is 0.343. The van der Waals surface area contributed by atoms with E-state index in [1.807, 2.05) is 42.5 Å². The number of benzene rings is 2. The minimum Gasteiger partial charge on any atom is -0.496 e. The summed E-state index contributed by atoms with van der Waals surface area (Å²) in [5.41, 5.74) is 5.41. The van der Waals surface area contributed by atoms with Gasteiger partial charge in [0, 0.05) is 30.4 Å². The number of nitrogens with zero attached hydrogens (tertiary/aromatic N) is 3. The van der Waals surface area contributed by atoms with Gasteiger partial charge >= 0.3 is 0 Å². The Kier molecular flexibility index (Phi) is 6.83. The lowest BCUT2D eigenvalue weighted by molar-refractivity contribution is -0.118. The van der Waals surface area contributed by atoms with Gasteiger partial charge in [0.05, 0.1) is 42.5 Å². The molecule has 1 saturated heterocycles. The molecule has 1 N–H and O–H groups in total. The molecule has 1 aliphatic heterocycles. The van der Waals surface area contributed by atoms with E-state index in [4.69, 9.17) is 9.47 Å². The summed E-state index contributed by atoms with van der Waals surface area (Å²) in [7, 11) is 1.63. The molecule has 1 amide bonds. The molecule has 0 saturated carbocycles. The average molecular weight is 443 g/mol. The number of hydrogen-bond acceptors (Lipinski definition) is 8. The van der Waals surface area contributed by atoms with Gasteiger partial charge in [0.1, 0.15) is 5.75 Å². The number of amides is 1. The van der Waals surface area contributed by atoms with Crippen LogP contribution in [0.3, 0.4) is 0 Å². The zero-order chi connectivity index (χ0) is 20.8. The number of carbonyl (C=O) groups excluding carboxylic acids is 1. The Morgan fingerprint density at radius 3 is 2.97 bits per heavy atom. The molecule has 9 heteroatoms. The summed E-state index contributed by atoms with van der Waals surface area (Å²) in [6.07, 6.45) is 1.60. The van der Waals surface area contributed by atoms with Crippen molar-refractivity contribution in [3.8, 4) is 5.75 Å². The lowest BCUT2D eigenvalue weighted by Crippen LogP contribution is -2.36. The molecule has 0 bridgehead atoms. The number of aromatic nitrogens is 1. The van der Waals surface area contributed by atoms with E-state index >= 15 is 0 Å². The van der Waals surface area contributed by atoms with Crippen LogP contribution in [0.15, 0.2) is 51.9 Å². The molecule has 2 heterocycles. The SMILES string of the molecule is COc1cc(N2CCOCC2)ccc1/C=N/NC(=O)CSc1nc2ccccc2s1. The number of hydrazone groups is 1. The molecule has 1 aliphatic rings. The average Bonchev–Trinajstić information content (AvgIpc) is 3.21. The van der Waals surface area contributed by atoms with E-state index in [1.54, 1.807) is 24.7 Å². The summed E-state index contributed by atoms with van der Waals surface area (Å²) in [6, 6.07) is 13.9. The lowest BCUT2D eigenvalue weighted by atomic mass is 10.1. The number of fused-ring (bicyclic) bond motifs is 1. The molecule has 2 aromatic carbocycles. The predicted molar refractivity (Wildman–Crippen MR) is 122 cm³/mol. The number of rotatable bonds is 7. The third-order valence-corrected chi connectivity index (χ3v) is 6.77. The molecular formula is C21H22N4O3S2. The van der Waals surface area contributed by atoms with Gasteiger partial charge in [-0.15, -0.1) is 11.3 Å². The van der Waals surface area contributed by atoms with Crippen LogP contribution in [0.5, 0.6) is 5.75 Å². The number of methoxy groups -OCH3 is 1. The normalized spacial score (nSPS) is 14.4. The fourth-order valence-electron chi connectivity index (χ4n) is 3.07. The number of ether oxygens (including phenoxy) is 2. The van der Waals surface area contributed by atoms with Gasteiger partial charge < -0.3 is 14.4 Å². The molecule has 156 valence electrons. The monoisotopic (exact) mass is 442 g/mol. The Morgan fingerprint density at radius 2 is 2.17 bits per heavy atom. The van der Waals surface area contributed by atoms with Crippen molar-refractivity contribution in [3.63, 3.8) is 0 Å². The largest absolute Gasteiger partial charge is 0.496 e. The van der Waals surface area contributed by atoms with Gasteiger partial charge in [0.15, 0.2) is 4.34 Å². The van der Waals surface area contributed by atoms with E-state index in [0.717, 1.165) is 52.1 Å². The first-order valence-corrected chi connectivity index (χ1v) is 11.3. The number of thioether (sulfide) groups is 1. The molecule has 0 radical (unpaired) electrons. The zero-order valence-electron chi connectivity index (χ0n) is 16.5. The van der Waals surface area contributed by atoms with Crippen molar-refractivity contribution in [2.24, 2.45) is 5.10 Å². The van der Waals surface area contributed by atoms with Gasteiger partial charge in [-0.25, -0.2) is 10.4 Å². The molecule has 0 atom stereocenters. The Labute approximate surface area is 183 Å². The van der Waals surface area contributed by atoms with Crippen LogP contribution in [-0.2, 0) is 9.53 Å². The van der Waals surface area contributed by atoms with Crippen molar-refractivity contribution in [3.05, 3.63) is 48.0 Å². The molecule has 4 rings (SSSR count). The van der Waals surface area contributed by atoms with Crippen LogP contribution < -0.4 is 15.1 Å². The van der Waals surface area contributed by atoms with Gasteiger partial charge in [0.25, 0.3) is 5.91 Å². The van der Waals surface area contributed by atoms with Gasteiger partial charge in [-0.2, -0.15) is 5.10 Å². The Bertz CT molecular complexity index is 1010. The number of hydrogen-bond donors (Lipinski definition) is 1. The van der Waals surface area contributed by atoms with Crippen LogP contribution in [0.2, 0.25) is 0 Å². The van der Waals surface area contributed by atoms with Crippen LogP contribution in [0.1, 0.15) is 5.56 Å². The van der Waals surface area contributed by atoms with Crippen molar-refractivity contribution in [1.82, 2.24) is 10.4 Å². The predicted octanol–water partition coefficient (Wildman–Crippen LogP) is 3.38. The third kappa shape index (κ3) is 5.10. The second kappa shape index (κ2) is 9.92. The maximum atomic E-state index is 12.1. The van der Waals surface area contributed by atoms with Gasteiger partial charge in [-0.1, -0.05) is 23.9 Å². The minimum absolute atomic E-state index is 0.181. The molecule has 1 fully saturated rings. The summed E-state index contributed by atoms with van der Waals surface area (Å²) in [6.45, 7) is 3.18. The number of para-hydroxylation sites is 1. The summed E-state index contributed by atoms with van der Waals surface area (Å²) < 4.78 is 12.9. The Morgan fingerprint density at radius 1 is 1.33 bits per heavy atom. The summed E-state index contributed by atoms with van der Waals surface area (Å²) >= 11 is 2.99. The van der Waals surface area contributed by atoms with Gasteiger partial charge in [0.2, 0.25) is 0 Å². The number of anilines is 1. The minimum atomic E-state index is -0.181. The van der Waals surface area contributed by atoms with E-state index in [1.165, 1.54) is 11.8 Å². The van der Waals surface area contributed by atoms with Crippen LogP contribution in [0, 0.1) is 0 Å². The zero-order valence-corrected chi connectivity index (χ0v) is 18.2. The maximum absolute atomic E-state index is 12.1. The number of thiazole rings is 1. The van der Waals surface area contributed by atoms with Crippen LogP contribution in [0.4, 0.5) is 5.69 Å². The van der Waals surface area contributed by atoms with Crippen molar-refractivity contribution in [1.29, 1.82) is 0 Å². The van der Waals surface area contributed by atoms with Crippen LogP contribution in [0.25, 0.3) is 10.2 Å². The van der Waals surface area contributed by atoms with Crippen molar-refractivity contribution in [2.75, 3.05) is 44.1 Å². The van der Waals surface area contributed by atoms with Crippen molar-refractivity contribution in [2.45, 2.75) is 4.34 Å². The highest BCUT2D eigenvalue weighted by atomic mass is 32.2. The van der Waals surface area contributed by atoms with Crippen molar-refractivity contribution < 1.29 is 14.3 Å². The summed E-state index contributed by atoms with van der Waals surface area (Å²) in [4.78, 5) is 18.9. The molecule has 7 nitrogen and oxygen atoms in total. The van der Waals surface area contributed by atoms with E-state index in [-0.39, 0.29) is 11.7 Å². The third-order valence-electron chi connectivity index (χ3n) is 4.59. The first-order valence-electron chi connectivity index (χ1n) is 9.54. The molecule has 0 aliphatic carbocycles. The topological polar surface area (TPSA) is 76.1 Å². The summed E-state index contributed by atoms with van der Waals surface area (Å²) in [5, 5.41) is 4.08. The first-order chi connectivity index (χ1) is 14.7. The Balaban J connectivity index is 1.32. The summed E-state index contributed by atoms with van der Waals surface area (Å²) in [5.74, 6) is 0.782. The van der Waals surface area contributed by atoms with E-state index in [9.17, 15) is 4.79 Å². The van der Waals surface area contributed by atoms with E-state index < -0.39 is 0 Å². The lowest BCUT2D eigenvalue weighted by Gasteiger charge is -2.29. The number of nitrogens with one attached hydrogen (secondary N) is 1. The fraction of sp³-hybridized carbons (Fsp3) is 0.286. The smallest absolute Gasteiger partial charge is 0.250 e. The van der Waals surface area contributed by atoms with Crippen LogP contribution in [-0.4, -0.2) is 56.3 Å². The maximum Gasteiger partial charge on any atom is 0.250 e. The molecule has 3 aromatic rings. The number of morpholine rings is 1. The van der Waals surface area contributed by atoms with Crippen molar-refractivity contribution >= 4 is 51.1 Å². The Hall–Kier alpha value is -2.62. The molecule has 0 unspecified atom stereocenters. The second-order valence-corrected chi connectivity index (χ2v) is 8.81. The van der Waals surface area contributed by atoms with E-state index in [2.05, 4.69) is 20.4 Å². The van der Waals surface area contributed by atoms with Gasteiger partial charge in [-0.05, 0) is 24.3 Å². The standard InChI is InChI=1S/C21H22N4O3S2/c1-27-18-12-16(25-8-10-28-11-9-25)7-6-15(18)13-22-24-20(26)14-29-21-23-17-4-2-3-5-19(17)30-21/h2-7,12-13H,8-11,14H2,1H3,(H,24,26)/b22-13+. The highest BCUT2D eigenvalue weighted by Crippen LogP contribution is 2.29. The fourth-order valence-corrected chi connectivity index (χ4v) is 4.93. The van der Waals surface area contributed by atoms with Gasteiger partial charge in [-0.3, -0.25) is 4.79 Å². The van der Waals surface area contributed by atoms with E-state index in [0.29, 0.717) is 5.75 Å². The van der Waals surface area contributed by atoms with Crippen LogP contribution >= 0.6 is 23.1 Å². The second-order valence-electron chi connectivity index (χ2n) is 6.56. The highest BCUT2D eigenvalue weighted by Gasteiger charge is 2.13. The molecular weight excluding hydrogens is 420 g/mol. The first kappa shape index (κ1) is 20.6. The molecule has 0 spiro atoms. The highest BCUT2D eigenvalue weighted by molar-refractivity contribution is 8.01. The number of carbonyl (C=O) groups is 1. The molecule has 30 heavy (non-hydrogen) atoms.